The summed E-state index contributed by atoms with van der Waals surface area (Å²) in [5, 5.41) is 4.29. The molecule has 19 heavy (non-hydrogen) atoms. The summed E-state index contributed by atoms with van der Waals surface area (Å²) in [6.07, 6.45) is 10.2. The molecule has 3 rings (SSSR count). The lowest BCUT2D eigenvalue weighted by Crippen LogP contribution is -2.24. The van der Waals surface area contributed by atoms with Gasteiger partial charge >= 0.3 is 0 Å². The molecule has 1 aromatic heterocycles. The molecule has 1 aliphatic carbocycles. The minimum absolute atomic E-state index is 0.539. The third kappa shape index (κ3) is 2.76. The first-order valence-electron chi connectivity index (χ1n) is 6.89. The van der Waals surface area contributed by atoms with E-state index in [-0.39, 0.29) is 0 Å². The van der Waals surface area contributed by atoms with E-state index >= 15 is 0 Å². The number of anilines is 1. The molecule has 2 aromatic rings. The molecule has 0 aliphatic heterocycles. The second kappa shape index (κ2) is 5.66. The van der Waals surface area contributed by atoms with E-state index in [1.54, 1.807) is 0 Å². The molecule has 1 heterocycles. The number of aromatic nitrogens is 2. The van der Waals surface area contributed by atoms with Crippen LogP contribution in [-0.4, -0.2) is 15.6 Å². The van der Waals surface area contributed by atoms with E-state index < -0.39 is 0 Å². The van der Waals surface area contributed by atoms with E-state index in [4.69, 9.17) is 11.6 Å². The van der Waals surface area contributed by atoms with Crippen molar-refractivity contribution in [3.8, 4) is 5.69 Å². The average Bonchev–Trinajstić information content (AvgIpc) is 2.88. The summed E-state index contributed by atoms with van der Waals surface area (Å²) in [4.78, 5) is 4.42. The topological polar surface area (TPSA) is 29.9 Å². The van der Waals surface area contributed by atoms with Gasteiger partial charge in [-0.25, -0.2) is 4.98 Å². The number of nitrogens with zero attached hydrogens (tertiary/aromatic N) is 2. The Hall–Kier alpha value is -1.48. The first kappa shape index (κ1) is 12.5. The molecule has 1 aliphatic rings. The van der Waals surface area contributed by atoms with Crippen LogP contribution in [0.3, 0.4) is 0 Å². The highest BCUT2D eigenvalue weighted by Crippen LogP contribution is 2.25. The quantitative estimate of drug-likeness (QED) is 0.906. The van der Waals surface area contributed by atoms with Gasteiger partial charge in [0.05, 0.1) is 10.7 Å². The molecule has 1 fully saturated rings. The molecule has 0 amide bonds. The van der Waals surface area contributed by atoms with Crippen molar-refractivity contribution in [1.29, 1.82) is 0 Å². The fourth-order valence-electron chi connectivity index (χ4n) is 2.68. The molecule has 100 valence electrons. The van der Waals surface area contributed by atoms with Crippen molar-refractivity contribution in [2.45, 2.75) is 38.1 Å². The number of imidazole rings is 1. The van der Waals surface area contributed by atoms with Crippen molar-refractivity contribution in [2.75, 3.05) is 5.32 Å². The Morgan fingerprint density at radius 1 is 1.16 bits per heavy atom. The SMILES string of the molecule is Clc1ccccc1-n1ccnc1NC1CCCCC1. The van der Waals surface area contributed by atoms with Crippen LogP contribution in [0.2, 0.25) is 5.02 Å². The summed E-state index contributed by atoms with van der Waals surface area (Å²) in [6.45, 7) is 0. The molecule has 3 nitrogen and oxygen atoms in total. The molecule has 0 bridgehead atoms. The van der Waals surface area contributed by atoms with Crippen molar-refractivity contribution in [3.63, 3.8) is 0 Å². The Morgan fingerprint density at radius 3 is 2.74 bits per heavy atom. The van der Waals surface area contributed by atoms with Gasteiger partial charge in [-0.15, -0.1) is 0 Å². The van der Waals surface area contributed by atoms with E-state index in [0.29, 0.717) is 6.04 Å². The lowest BCUT2D eigenvalue weighted by atomic mass is 9.96. The van der Waals surface area contributed by atoms with Crippen LogP contribution in [0.5, 0.6) is 0 Å². The Bertz CT molecular complexity index is 544. The highest BCUT2D eigenvalue weighted by molar-refractivity contribution is 6.32. The van der Waals surface area contributed by atoms with Crippen LogP contribution in [-0.2, 0) is 0 Å². The molecule has 1 aromatic carbocycles. The van der Waals surface area contributed by atoms with Gasteiger partial charge in [-0.2, -0.15) is 0 Å². The Labute approximate surface area is 118 Å². The third-order valence-electron chi connectivity index (χ3n) is 3.69. The minimum atomic E-state index is 0.539. The van der Waals surface area contributed by atoms with Crippen molar-refractivity contribution in [3.05, 3.63) is 41.7 Å². The number of rotatable bonds is 3. The van der Waals surface area contributed by atoms with Crippen molar-refractivity contribution in [2.24, 2.45) is 0 Å². The van der Waals surface area contributed by atoms with Gasteiger partial charge in [0.1, 0.15) is 0 Å². The van der Waals surface area contributed by atoms with E-state index in [2.05, 4.69) is 10.3 Å². The maximum Gasteiger partial charge on any atom is 0.207 e. The zero-order valence-electron chi connectivity index (χ0n) is 10.8. The highest BCUT2D eigenvalue weighted by Gasteiger charge is 2.16. The second-order valence-electron chi connectivity index (χ2n) is 5.05. The number of para-hydroxylation sites is 1. The van der Waals surface area contributed by atoms with Gasteiger partial charge in [-0.05, 0) is 25.0 Å². The summed E-state index contributed by atoms with van der Waals surface area (Å²) in [6, 6.07) is 8.39. The van der Waals surface area contributed by atoms with Crippen molar-refractivity contribution in [1.82, 2.24) is 9.55 Å². The fraction of sp³-hybridized carbons (Fsp3) is 0.400. The van der Waals surface area contributed by atoms with Crippen LogP contribution in [0.4, 0.5) is 5.95 Å². The molecule has 1 N–H and O–H groups in total. The van der Waals surface area contributed by atoms with Crippen LogP contribution in [0, 0.1) is 0 Å². The lowest BCUT2D eigenvalue weighted by Gasteiger charge is -2.23. The molecule has 0 spiro atoms. The summed E-state index contributed by atoms with van der Waals surface area (Å²) in [5.41, 5.74) is 0.972. The first-order valence-corrected chi connectivity index (χ1v) is 7.27. The third-order valence-corrected chi connectivity index (χ3v) is 4.01. The maximum absolute atomic E-state index is 6.25. The molecule has 0 radical (unpaired) electrons. The predicted octanol–water partition coefficient (Wildman–Crippen LogP) is 4.27. The van der Waals surface area contributed by atoms with Gasteiger partial charge in [0.2, 0.25) is 5.95 Å². The normalized spacial score (nSPS) is 16.5. The largest absolute Gasteiger partial charge is 0.353 e. The van der Waals surface area contributed by atoms with E-state index in [0.717, 1.165) is 16.7 Å². The van der Waals surface area contributed by atoms with Gasteiger partial charge in [0, 0.05) is 18.4 Å². The molecule has 1 saturated carbocycles. The van der Waals surface area contributed by atoms with Gasteiger partial charge in [0.25, 0.3) is 0 Å². The monoisotopic (exact) mass is 275 g/mol. The smallest absolute Gasteiger partial charge is 0.207 e. The number of nitrogens with one attached hydrogen (secondary N) is 1. The average molecular weight is 276 g/mol. The second-order valence-corrected chi connectivity index (χ2v) is 5.46. The molecular formula is C15H18ClN3. The van der Waals surface area contributed by atoms with Crippen LogP contribution in [0.15, 0.2) is 36.7 Å². The van der Waals surface area contributed by atoms with Crippen LogP contribution >= 0.6 is 11.6 Å². The fourth-order valence-corrected chi connectivity index (χ4v) is 2.91. The maximum atomic E-state index is 6.25. The Morgan fingerprint density at radius 2 is 1.95 bits per heavy atom. The van der Waals surface area contributed by atoms with Gasteiger partial charge < -0.3 is 5.32 Å². The van der Waals surface area contributed by atoms with Gasteiger partial charge in [0.15, 0.2) is 0 Å². The van der Waals surface area contributed by atoms with Crippen LogP contribution in [0.1, 0.15) is 32.1 Å². The number of hydrogen-bond acceptors (Lipinski definition) is 2. The zero-order chi connectivity index (χ0) is 13.1. The highest BCUT2D eigenvalue weighted by atomic mass is 35.5. The predicted molar refractivity (Wildman–Crippen MR) is 79.1 cm³/mol. The summed E-state index contributed by atoms with van der Waals surface area (Å²) >= 11 is 6.25. The number of halogens is 1. The van der Waals surface area contributed by atoms with Crippen molar-refractivity contribution < 1.29 is 0 Å². The van der Waals surface area contributed by atoms with E-state index in [9.17, 15) is 0 Å². The first-order chi connectivity index (χ1) is 9.34. The Balaban J connectivity index is 1.84. The molecule has 0 unspecified atom stereocenters. The number of hydrogen-bond donors (Lipinski definition) is 1. The van der Waals surface area contributed by atoms with E-state index in [1.165, 1.54) is 32.1 Å². The summed E-state index contributed by atoms with van der Waals surface area (Å²) in [5.74, 6) is 0.889. The summed E-state index contributed by atoms with van der Waals surface area (Å²) < 4.78 is 2.02. The van der Waals surface area contributed by atoms with E-state index in [1.807, 2.05) is 41.2 Å². The molecule has 0 atom stereocenters. The van der Waals surface area contributed by atoms with Gasteiger partial charge in [-0.3, -0.25) is 4.57 Å². The lowest BCUT2D eigenvalue weighted by molar-refractivity contribution is 0.460. The Kier molecular flexibility index (Phi) is 3.74. The minimum Gasteiger partial charge on any atom is -0.353 e. The molecular weight excluding hydrogens is 258 g/mol. The van der Waals surface area contributed by atoms with Crippen LogP contribution < -0.4 is 5.32 Å². The van der Waals surface area contributed by atoms with Crippen molar-refractivity contribution >= 4 is 17.5 Å². The summed E-state index contributed by atoms with van der Waals surface area (Å²) in [7, 11) is 0. The van der Waals surface area contributed by atoms with Crippen LogP contribution in [0.25, 0.3) is 5.69 Å². The zero-order valence-corrected chi connectivity index (χ0v) is 11.6. The number of benzene rings is 1. The standard InChI is InChI=1S/C15H18ClN3/c16-13-8-4-5-9-14(13)19-11-10-17-15(19)18-12-6-2-1-3-7-12/h4-5,8-12H,1-3,6-7H2,(H,17,18). The molecule has 0 saturated heterocycles. The van der Waals surface area contributed by atoms with Gasteiger partial charge in [-0.1, -0.05) is 43.0 Å². The molecule has 4 heteroatoms.